The SMILES string of the molecule is CC(C)C1CCCC(O)(C(C)(C)C#N)C1. The molecule has 0 spiro atoms. The fourth-order valence-corrected chi connectivity index (χ4v) is 2.54. The second-order valence-corrected chi connectivity index (χ2v) is 5.87. The molecule has 1 saturated carbocycles. The third kappa shape index (κ3) is 2.34. The van der Waals surface area contributed by atoms with Gasteiger partial charge in [-0.3, -0.25) is 0 Å². The minimum atomic E-state index is -0.783. The van der Waals surface area contributed by atoms with Gasteiger partial charge in [-0.25, -0.2) is 0 Å². The summed E-state index contributed by atoms with van der Waals surface area (Å²) in [5.41, 5.74) is -1.41. The predicted molar refractivity (Wildman–Crippen MR) is 61.1 cm³/mol. The van der Waals surface area contributed by atoms with E-state index in [9.17, 15) is 5.11 Å². The molecule has 86 valence electrons. The van der Waals surface area contributed by atoms with Crippen LogP contribution in [0.4, 0.5) is 0 Å². The van der Waals surface area contributed by atoms with E-state index in [2.05, 4.69) is 19.9 Å². The van der Waals surface area contributed by atoms with Crippen LogP contribution in [0.1, 0.15) is 53.4 Å². The lowest BCUT2D eigenvalue weighted by atomic mass is 9.63. The maximum atomic E-state index is 10.6. The summed E-state index contributed by atoms with van der Waals surface area (Å²) in [6.45, 7) is 8.12. The van der Waals surface area contributed by atoms with Crippen LogP contribution in [0, 0.1) is 28.6 Å². The third-order valence-corrected chi connectivity index (χ3v) is 4.15. The Morgan fingerprint density at radius 2 is 2.07 bits per heavy atom. The average Bonchev–Trinajstić information content (AvgIpc) is 2.17. The van der Waals surface area contributed by atoms with Crippen molar-refractivity contribution in [3.05, 3.63) is 0 Å². The molecule has 0 saturated heterocycles. The van der Waals surface area contributed by atoms with E-state index in [1.54, 1.807) is 0 Å². The molecule has 2 atom stereocenters. The zero-order valence-electron chi connectivity index (χ0n) is 10.4. The van der Waals surface area contributed by atoms with Gasteiger partial charge < -0.3 is 5.11 Å². The lowest BCUT2D eigenvalue weighted by Crippen LogP contribution is -2.48. The van der Waals surface area contributed by atoms with Crippen molar-refractivity contribution >= 4 is 0 Å². The van der Waals surface area contributed by atoms with Crippen molar-refractivity contribution in [1.82, 2.24) is 0 Å². The molecule has 1 N–H and O–H groups in total. The van der Waals surface area contributed by atoms with Gasteiger partial charge in [0.05, 0.1) is 17.1 Å². The molecule has 0 aromatic rings. The Hall–Kier alpha value is -0.550. The van der Waals surface area contributed by atoms with Crippen LogP contribution in [-0.4, -0.2) is 10.7 Å². The highest BCUT2D eigenvalue weighted by Crippen LogP contribution is 2.45. The van der Waals surface area contributed by atoms with Crippen LogP contribution < -0.4 is 0 Å². The molecule has 2 nitrogen and oxygen atoms in total. The van der Waals surface area contributed by atoms with E-state index >= 15 is 0 Å². The van der Waals surface area contributed by atoms with Crippen molar-refractivity contribution in [3.63, 3.8) is 0 Å². The Bertz CT molecular complexity index is 264. The normalized spacial score (nSPS) is 32.7. The molecule has 0 aliphatic heterocycles. The van der Waals surface area contributed by atoms with Gasteiger partial charge in [0.1, 0.15) is 0 Å². The molecule has 0 aromatic carbocycles. The highest BCUT2D eigenvalue weighted by molar-refractivity contribution is 5.08. The molecule has 1 aliphatic carbocycles. The van der Waals surface area contributed by atoms with E-state index in [1.165, 1.54) is 6.42 Å². The van der Waals surface area contributed by atoms with Crippen molar-refractivity contribution in [3.8, 4) is 6.07 Å². The number of hydrogen-bond acceptors (Lipinski definition) is 2. The van der Waals surface area contributed by atoms with Gasteiger partial charge in [-0.15, -0.1) is 0 Å². The van der Waals surface area contributed by atoms with Gasteiger partial charge in [0.25, 0.3) is 0 Å². The molecular formula is C13H23NO. The molecule has 1 rings (SSSR count). The van der Waals surface area contributed by atoms with Crippen LogP contribution in [0.5, 0.6) is 0 Å². The maximum absolute atomic E-state index is 10.6. The molecular weight excluding hydrogens is 186 g/mol. The monoisotopic (exact) mass is 209 g/mol. The predicted octanol–water partition coefficient (Wildman–Crippen LogP) is 3.11. The van der Waals surface area contributed by atoms with Gasteiger partial charge in [0, 0.05) is 0 Å². The van der Waals surface area contributed by atoms with E-state index < -0.39 is 11.0 Å². The van der Waals surface area contributed by atoms with Crippen molar-refractivity contribution in [2.75, 3.05) is 0 Å². The Morgan fingerprint density at radius 1 is 1.47 bits per heavy atom. The quantitative estimate of drug-likeness (QED) is 0.759. The summed E-state index contributed by atoms with van der Waals surface area (Å²) in [7, 11) is 0. The van der Waals surface area contributed by atoms with Crippen LogP contribution >= 0.6 is 0 Å². The molecule has 0 radical (unpaired) electrons. The van der Waals surface area contributed by atoms with E-state index in [-0.39, 0.29) is 0 Å². The van der Waals surface area contributed by atoms with Gasteiger partial charge in [-0.1, -0.05) is 20.3 Å². The van der Waals surface area contributed by atoms with Gasteiger partial charge in [0.2, 0.25) is 0 Å². The molecule has 0 amide bonds. The molecule has 2 unspecified atom stereocenters. The number of hydrogen-bond donors (Lipinski definition) is 1. The van der Waals surface area contributed by atoms with Crippen molar-refractivity contribution in [2.24, 2.45) is 17.3 Å². The second kappa shape index (κ2) is 4.14. The number of nitrogens with zero attached hydrogens (tertiary/aromatic N) is 1. The molecule has 2 heteroatoms. The number of rotatable bonds is 2. The van der Waals surface area contributed by atoms with Gasteiger partial charge in [-0.2, -0.15) is 5.26 Å². The number of nitriles is 1. The van der Waals surface area contributed by atoms with Crippen LogP contribution in [0.3, 0.4) is 0 Å². The summed E-state index contributed by atoms with van der Waals surface area (Å²) in [6, 6.07) is 2.26. The Labute approximate surface area is 93.3 Å². The van der Waals surface area contributed by atoms with Crippen LogP contribution in [0.2, 0.25) is 0 Å². The Balaban J connectivity index is 2.82. The first-order valence-electron chi connectivity index (χ1n) is 5.96. The zero-order valence-corrected chi connectivity index (χ0v) is 10.4. The zero-order chi connectivity index (χ0) is 11.7. The second-order valence-electron chi connectivity index (χ2n) is 5.87. The summed E-state index contributed by atoms with van der Waals surface area (Å²) in [5.74, 6) is 1.17. The average molecular weight is 209 g/mol. The highest BCUT2D eigenvalue weighted by Gasteiger charge is 2.47. The number of aliphatic hydroxyl groups is 1. The Morgan fingerprint density at radius 3 is 2.53 bits per heavy atom. The summed E-state index contributed by atoms with van der Waals surface area (Å²) in [5, 5.41) is 19.7. The van der Waals surface area contributed by atoms with E-state index in [0.29, 0.717) is 11.8 Å². The molecule has 1 fully saturated rings. The smallest absolute Gasteiger partial charge is 0.0830 e. The lowest BCUT2D eigenvalue weighted by molar-refractivity contribution is -0.0879. The third-order valence-electron chi connectivity index (χ3n) is 4.15. The minimum Gasteiger partial charge on any atom is -0.388 e. The summed E-state index contributed by atoms with van der Waals surface area (Å²) in [4.78, 5) is 0. The first-order valence-corrected chi connectivity index (χ1v) is 5.96. The van der Waals surface area contributed by atoms with Crippen LogP contribution in [0.15, 0.2) is 0 Å². The van der Waals surface area contributed by atoms with Gasteiger partial charge in [-0.05, 0) is 44.9 Å². The van der Waals surface area contributed by atoms with Gasteiger partial charge >= 0.3 is 0 Å². The fraction of sp³-hybridized carbons (Fsp3) is 0.923. The molecule has 15 heavy (non-hydrogen) atoms. The van der Waals surface area contributed by atoms with E-state index in [4.69, 9.17) is 5.26 Å². The van der Waals surface area contributed by atoms with E-state index in [0.717, 1.165) is 19.3 Å². The Kier molecular flexibility index (Phi) is 3.45. The highest BCUT2D eigenvalue weighted by atomic mass is 16.3. The first kappa shape index (κ1) is 12.5. The molecule has 0 bridgehead atoms. The summed E-state index contributed by atoms with van der Waals surface area (Å²) in [6.07, 6.45) is 3.80. The van der Waals surface area contributed by atoms with Crippen LogP contribution in [0.25, 0.3) is 0 Å². The largest absolute Gasteiger partial charge is 0.388 e. The van der Waals surface area contributed by atoms with Crippen molar-refractivity contribution < 1.29 is 5.11 Å². The minimum absolute atomic E-state index is 0.566. The fourth-order valence-electron chi connectivity index (χ4n) is 2.54. The van der Waals surface area contributed by atoms with Gasteiger partial charge in [0.15, 0.2) is 0 Å². The lowest BCUT2D eigenvalue weighted by Gasteiger charge is -2.45. The molecule has 0 aromatic heterocycles. The molecule has 1 aliphatic rings. The summed E-state index contributed by atoms with van der Waals surface area (Å²) < 4.78 is 0. The van der Waals surface area contributed by atoms with E-state index in [1.807, 2.05) is 13.8 Å². The standard InChI is InChI=1S/C13H23NO/c1-10(2)11-6-5-7-13(15,8-11)12(3,4)9-14/h10-11,15H,5-8H2,1-4H3. The van der Waals surface area contributed by atoms with Crippen LogP contribution in [-0.2, 0) is 0 Å². The van der Waals surface area contributed by atoms with Crippen molar-refractivity contribution in [1.29, 1.82) is 5.26 Å². The maximum Gasteiger partial charge on any atom is 0.0830 e. The first-order chi connectivity index (χ1) is 6.82. The topological polar surface area (TPSA) is 44.0 Å². The molecule has 0 heterocycles. The summed E-state index contributed by atoms with van der Waals surface area (Å²) >= 11 is 0. The van der Waals surface area contributed by atoms with Crippen molar-refractivity contribution in [2.45, 2.75) is 59.0 Å².